The lowest BCUT2D eigenvalue weighted by atomic mass is 9.91. The number of pyridine rings is 1. The fourth-order valence-corrected chi connectivity index (χ4v) is 6.68. The van der Waals surface area contributed by atoms with E-state index in [0.29, 0.717) is 37.9 Å². The first-order valence-corrected chi connectivity index (χ1v) is 15.2. The van der Waals surface area contributed by atoms with Crippen LogP contribution in [-0.2, 0) is 26.0 Å². The highest BCUT2D eigenvalue weighted by atomic mass is 35.5. The highest BCUT2D eigenvalue weighted by molar-refractivity contribution is 7.90. The maximum absolute atomic E-state index is 14.8. The quantitative estimate of drug-likeness (QED) is 0.345. The zero-order valence-electron chi connectivity index (χ0n) is 22.8. The molecule has 1 fully saturated rings. The molecule has 3 heterocycles. The standard InChI is InChI=1S/C29H34ClFN4O4S/c1-20(21(2)33(3)29(37)23-10-13-34(14-11-23)28(36)17-30)15-22-16-27(25-8-4-5-9-26(25)31)35(19-22)40(38,39)24-7-6-12-32-18-24/h4-9,12,16,18-21,23H,10-11,13-15,17H2,1-3H3. The van der Waals surface area contributed by atoms with Crippen LogP contribution in [-0.4, -0.2) is 71.0 Å². The normalized spacial score (nSPS) is 16.0. The molecule has 0 bridgehead atoms. The third-order valence-corrected chi connectivity index (χ3v) is 9.72. The molecule has 0 spiro atoms. The number of rotatable bonds is 9. The smallest absolute Gasteiger partial charge is 0.269 e. The summed E-state index contributed by atoms with van der Waals surface area (Å²) < 4.78 is 43.0. The van der Waals surface area contributed by atoms with Crippen molar-refractivity contribution in [2.75, 3.05) is 26.0 Å². The first-order chi connectivity index (χ1) is 19.0. The van der Waals surface area contributed by atoms with Crippen molar-refractivity contribution < 1.29 is 22.4 Å². The van der Waals surface area contributed by atoms with Gasteiger partial charge < -0.3 is 9.80 Å². The van der Waals surface area contributed by atoms with E-state index in [4.69, 9.17) is 11.6 Å². The van der Waals surface area contributed by atoms with Gasteiger partial charge in [0.1, 0.15) is 16.6 Å². The van der Waals surface area contributed by atoms with E-state index in [0.717, 1.165) is 3.97 Å². The van der Waals surface area contributed by atoms with Crippen molar-refractivity contribution in [3.05, 3.63) is 72.4 Å². The Bertz CT molecular complexity index is 1460. The lowest BCUT2D eigenvalue weighted by Crippen LogP contribution is -2.47. The van der Waals surface area contributed by atoms with Crippen LogP contribution in [0.15, 0.2) is 66.0 Å². The van der Waals surface area contributed by atoms with Crippen molar-refractivity contribution in [1.29, 1.82) is 0 Å². The van der Waals surface area contributed by atoms with Crippen LogP contribution in [0.5, 0.6) is 0 Å². The summed E-state index contributed by atoms with van der Waals surface area (Å²) in [4.78, 5) is 32.5. The number of halogens is 2. The second-order valence-electron chi connectivity index (χ2n) is 10.4. The van der Waals surface area contributed by atoms with Crippen LogP contribution in [0.2, 0.25) is 0 Å². The minimum Gasteiger partial charge on any atom is -0.343 e. The molecule has 1 aliphatic rings. The van der Waals surface area contributed by atoms with Gasteiger partial charge >= 0.3 is 0 Å². The zero-order chi connectivity index (χ0) is 29.0. The van der Waals surface area contributed by atoms with Gasteiger partial charge in [0, 0.05) is 56.3 Å². The Kier molecular flexibility index (Phi) is 9.30. The molecule has 1 saturated heterocycles. The molecule has 8 nitrogen and oxygen atoms in total. The Balaban J connectivity index is 1.54. The van der Waals surface area contributed by atoms with E-state index in [9.17, 15) is 22.4 Å². The van der Waals surface area contributed by atoms with Crippen molar-refractivity contribution in [2.45, 2.75) is 44.0 Å². The van der Waals surface area contributed by atoms with Crippen molar-refractivity contribution in [1.82, 2.24) is 18.8 Å². The minimum absolute atomic E-state index is 0.000260. The molecule has 0 aliphatic carbocycles. The number of carbonyl (C=O) groups is 2. The molecule has 2 aromatic heterocycles. The van der Waals surface area contributed by atoms with E-state index in [2.05, 4.69) is 4.98 Å². The highest BCUT2D eigenvalue weighted by Crippen LogP contribution is 2.31. The first-order valence-electron chi connectivity index (χ1n) is 13.3. The number of alkyl halides is 1. The van der Waals surface area contributed by atoms with Gasteiger partial charge in [-0.25, -0.2) is 16.8 Å². The molecule has 214 valence electrons. The predicted molar refractivity (Wildman–Crippen MR) is 152 cm³/mol. The molecular weight excluding hydrogens is 555 g/mol. The highest BCUT2D eigenvalue weighted by Gasteiger charge is 2.32. The molecule has 2 amide bonds. The number of aromatic nitrogens is 2. The number of piperidine rings is 1. The summed E-state index contributed by atoms with van der Waals surface area (Å²) in [6.07, 6.45) is 5.93. The van der Waals surface area contributed by atoms with Gasteiger partial charge in [-0.1, -0.05) is 19.1 Å². The predicted octanol–water partition coefficient (Wildman–Crippen LogP) is 4.43. The second-order valence-corrected chi connectivity index (χ2v) is 12.4. The molecule has 2 atom stereocenters. The number of hydrogen-bond acceptors (Lipinski definition) is 5. The van der Waals surface area contributed by atoms with E-state index in [1.807, 2.05) is 13.8 Å². The van der Waals surface area contributed by atoms with Crippen molar-refractivity contribution in [3.8, 4) is 11.3 Å². The van der Waals surface area contributed by atoms with E-state index in [1.165, 1.54) is 36.8 Å². The van der Waals surface area contributed by atoms with E-state index >= 15 is 0 Å². The molecule has 1 aliphatic heterocycles. The van der Waals surface area contributed by atoms with Crippen LogP contribution < -0.4 is 0 Å². The summed E-state index contributed by atoms with van der Waals surface area (Å²) in [5.41, 5.74) is 1.10. The molecule has 0 saturated carbocycles. The van der Waals surface area contributed by atoms with Gasteiger partial charge in [0.25, 0.3) is 10.0 Å². The number of nitrogens with zero attached hydrogens (tertiary/aromatic N) is 4. The Hall–Kier alpha value is -3.24. The number of benzene rings is 1. The van der Waals surface area contributed by atoms with Crippen LogP contribution >= 0.6 is 11.6 Å². The number of carbonyl (C=O) groups excluding carboxylic acids is 2. The summed E-state index contributed by atoms with van der Waals surface area (Å²) in [6, 6.07) is 10.6. The van der Waals surface area contributed by atoms with Crippen molar-refractivity contribution >= 4 is 33.4 Å². The molecular formula is C29H34ClFN4O4S. The second kappa shape index (κ2) is 12.5. The molecule has 0 radical (unpaired) electrons. The molecule has 3 aromatic rings. The Labute approximate surface area is 239 Å². The van der Waals surface area contributed by atoms with Crippen LogP contribution in [0.25, 0.3) is 11.3 Å². The largest absolute Gasteiger partial charge is 0.343 e. The van der Waals surface area contributed by atoms with E-state index < -0.39 is 15.8 Å². The van der Waals surface area contributed by atoms with Gasteiger partial charge in [0.15, 0.2) is 0 Å². The first kappa shape index (κ1) is 29.7. The topological polar surface area (TPSA) is 92.6 Å². The van der Waals surface area contributed by atoms with E-state index in [-0.39, 0.29) is 51.7 Å². The van der Waals surface area contributed by atoms with Gasteiger partial charge in [-0.3, -0.25) is 14.6 Å². The SMILES string of the molecule is CC(Cc1cc(-c2ccccc2F)n(S(=O)(=O)c2cccnc2)c1)C(C)N(C)C(=O)C1CCN(C(=O)CCl)CC1. The van der Waals surface area contributed by atoms with Crippen LogP contribution in [0.3, 0.4) is 0 Å². The third kappa shape index (κ3) is 6.23. The lowest BCUT2D eigenvalue weighted by Gasteiger charge is -2.36. The van der Waals surface area contributed by atoms with Crippen LogP contribution in [0, 0.1) is 17.7 Å². The number of hydrogen-bond donors (Lipinski definition) is 0. The Morgan fingerprint density at radius 3 is 2.48 bits per heavy atom. The fourth-order valence-electron chi connectivity index (χ4n) is 5.16. The Morgan fingerprint density at radius 2 is 1.85 bits per heavy atom. The summed E-state index contributed by atoms with van der Waals surface area (Å²) in [6.45, 7) is 5.00. The minimum atomic E-state index is -4.04. The van der Waals surface area contributed by atoms with Gasteiger partial charge in [-0.2, -0.15) is 0 Å². The number of amides is 2. The van der Waals surface area contributed by atoms with E-state index in [1.54, 1.807) is 41.1 Å². The summed E-state index contributed by atoms with van der Waals surface area (Å²) >= 11 is 5.66. The third-order valence-electron chi connectivity index (χ3n) is 7.83. The van der Waals surface area contributed by atoms with Crippen LogP contribution in [0.1, 0.15) is 32.3 Å². The summed E-state index contributed by atoms with van der Waals surface area (Å²) in [5, 5.41) is 0. The molecule has 1 aromatic carbocycles. The zero-order valence-corrected chi connectivity index (χ0v) is 24.4. The van der Waals surface area contributed by atoms with Gasteiger partial charge in [-0.05, 0) is 68.0 Å². The monoisotopic (exact) mass is 588 g/mol. The lowest BCUT2D eigenvalue weighted by molar-refractivity contribution is -0.141. The average molecular weight is 589 g/mol. The average Bonchev–Trinajstić information content (AvgIpc) is 3.40. The molecule has 11 heteroatoms. The maximum Gasteiger partial charge on any atom is 0.269 e. The van der Waals surface area contributed by atoms with Crippen molar-refractivity contribution in [2.24, 2.45) is 11.8 Å². The molecule has 4 rings (SSSR count). The summed E-state index contributed by atoms with van der Waals surface area (Å²) in [7, 11) is -2.26. The fraction of sp³-hybridized carbons (Fsp3) is 0.414. The van der Waals surface area contributed by atoms with Gasteiger partial charge in [0.05, 0.1) is 5.69 Å². The van der Waals surface area contributed by atoms with Crippen LogP contribution in [0.4, 0.5) is 4.39 Å². The Morgan fingerprint density at radius 1 is 1.15 bits per heavy atom. The molecule has 2 unspecified atom stereocenters. The maximum atomic E-state index is 14.8. The molecule has 40 heavy (non-hydrogen) atoms. The molecule has 0 N–H and O–H groups in total. The van der Waals surface area contributed by atoms with Gasteiger partial charge in [0.2, 0.25) is 11.8 Å². The van der Waals surface area contributed by atoms with Crippen molar-refractivity contribution in [3.63, 3.8) is 0 Å². The number of likely N-dealkylation sites (tertiary alicyclic amines) is 1. The summed E-state index contributed by atoms with van der Waals surface area (Å²) in [5.74, 6) is -0.872. The van der Waals surface area contributed by atoms with Gasteiger partial charge in [-0.15, -0.1) is 11.6 Å².